The summed E-state index contributed by atoms with van der Waals surface area (Å²) in [7, 11) is 0. The number of fused-ring (bicyclic) bond motifs is 1. The van der Waals surface area contributed by atoms with Crippen LogP contribution in [-0.2, 0) is 0 Å². The van der Waals surface area contributed by atoms with Crippen molar-refractivity contribution < 1.29 is 4.74 Å². The van der Waals surface area contributed by atoms with E-state index in [4.69, 9.17) is 10.5 Å². The lowest BCUT2D eigenvalue weighted by molar-refractivity contribution is 0.161. The maximum absolute atomic E-state index is 6.31. The zero-order valence-corrected chi connectivity index (χ0v) is 13.9. The molecule has 0 fully saturated rings. The van der Waals surface area contributed by atoms with Crippen LogP contribution in [0.4, 0.5) is 0 Å². The van der Waals surface area contributed by atoms with Gasteiger partial charge in [-0.05, 0) is 29.2 Å². The molecule has 0 amide bonds. The molecule has 2 N–H and O–H groups in total. The highest BCUT2D eigenvalue weighted by Gasteiger charge is 2.27. The summed E-state index contributed by atoms with van der Waals surface area (Å²) in [5, 5.41) is 0. The summed E-state index contributed by atoms with van der Waals surface area (Å²) >= 11 is 3.49. The molecule has 110 valence electrons. The van der Waals surface area contributed by atoms with Gasteiger partial charge < -0.3 is 10.5 Å². The Morgan fingerprint density at radius 3 is 2.52 bits per heavy atom. The van der Waals surface area contributed by atoms with Crippen LogP contribution in [0.25, 0.3) is 0 Å². The first kappa shape index (κ1) is 14.6. The van der Waals surface area contributed by atoms with E-state index < -0.39 is 0 Å². The molecule has 0 aliphatic carbocycles. The molecule has 0 spiro atoms. The Bertz CT molecular complexity index is 636. The third kappa shape index (κ3) is 2.99. The summed E-state index contributed by atoms with van der Waals surface area (Å²) in [5.41, 5.74) is 9.94. The highest BCUT2D eigenvalue weighted by atomic mass is 79.9. The van der Waals surface area contributed by atoms with Gasteiger partial charge in [-0.1, -0.05) is 60.1 Å². The lowest BCUT2D eigenvalue weighted by Gasteiger charge is -2.31. The number of hydrogen-bond donors (Lipinski definition) is 1. The van der Waals surface area contributed by atoms with Gasteiger partial charge in [-0.3, -0.25) is 0 Å². The normalized spacial score (nSPS) is 21.0. The number of rotatable bonds is 2. The first-order valence-electron chi connectivity index (χ1n) is 7.36. The van der Waals surface area contributed by atoms with Crippen molar-refractivity contribution in [1.82, 2.24) is 0 Å². The molecule has 1 aliphatic heterocycles. The summed E-state index contributed by atoms with van der Waals surface area (Å²) < 4.78 is 7.18. The number of benzene rings is 2. The summed E-state index contributed by atoms with van der Waals surface area (Å²) in [6.07, 6.45) is 0.846. The fourth-order valence-electron chi connectivity index (χ4n) is 2.78. The van der Waals surface area contributed by atoms with Crippen LogP contribution in [0.15, 0.2) is 46.9 Å². The molecule has 1 aliphatic rings. The van der Waals surface area contributed by atoms with E-state index in [0.717, 1.165) is 22.2 Å². The molecule has 0 radical (unpaired) electrons. The maximum Gasteiger partial charge on any atom is 0.126 e. The van der Waals surface area contributed by atoms with E-state index in [1.165, 1.54) is 11.1 Å². The second kappa shape index (κ2) is 5.82. The Morgan fingerprint density at radius 1 is 1.14 bits per heavy atom. The van der Waals surface area contributed by atoms with Crippen LogP contribution in [0, 0.1) is 0 Å². The molecule has 2 aromatic carbocycles. The first-order chi connectivity index (χ1) is 10.0. The quantitative estimate of drug-likeness (QED) is 0.821. The van der Waals surface area contributed by atoms with Crippen molar-refractivity contribution in [1.29, 1.82) is 0 Å². The van der Waals surface area contributed by atoms with Crippen molar-refractivity contribution >= 4 is 15.9 Å². The van der Waals surface area contributed by atoms with E-state index in [-0.39, 0.29) is 12.1 Å². The van der Waals surface area contributed by atoms with E-state index >= 15 is 0 Å². The second-order valence-electron chi connectivity index (χ2n) is 5.95. The molecule has 1 unspecified atom stereocenters. The van der Waals surface area contributed by atoms with E-state index in [9.17, 15) is 0 Å². The second-order valence-corrected chi connectivity index (χ2v) is 6.87. The van der Waals surface area contributed by atoms with Crippen LogP contribution >= 0.6 is 15.9 Å². The van der Waals surface area contributed by atoms with Crippen LogP contribution < -0.4 is 10.5 Å². The van der Waals surface area contributed by atoms with E-state index in [2.05, 4.69) is 54.0 Å². The van der Waals surface area contributed by atoms with Crippen molar-refractivity contribution in [2.24, 2.45) is 5.73 Å². The summed E-state index contributed by atoms with van der Waals surface area (Å²) in [4.78, 5) is 0. The van der Waals surface area contributed by atoms with Crippen molar-refractivity contribution in [3.05, 3.63) is 63.6 Å². The molecule has 0 saturated heterocycles. The molecular weight excluding hydrogens is 326 g/mol. The number of nitrogens with two attached hydrogens (primary N) is 1. The third-order valence-electron chi connectivity index (χ3n) is 4.09. The largest absolute Gasteiger partial charge is 0.485 e. The predicted octanol–water partition coefficient (Wildman–Crippen LogP) is 5.10. The van der Waals surface area contributed by atoms with Crippen LogP contribution in [0.1, 0.15) is 55.0 Å². The molecule has 0 bridgehead atoms. The van der Waals surface area contributed by atoms with Crippen LogP contribution in [0.2, 0.25) is 0 Å². The lowest BCUT2D eigenvalue weighted by Crippen LogP contribution is -2.24. The molecule has 2 atom stereocenters. The van der Waals surface area contributed by atoms with Gasteiger partial charge >= 0.3 is 0 Å². The smallest absolute Gasteiger partial charge is 0.126 e. The van der Waals surface area contributed by atoms with Crippen molar-refractivity contribution in [3.63, 3.8) is 0 Å². The fourth-order valence-corrected chi connectivity index (χ4v) is 3.12. The molecule has 3 heteroatoms. The van der Waals surface area contributed by atoms with Crippen LogP contribution in [0.5, 0.6) is 5.75 Å². The minimum Gasteiger partial charge on any atom is -0.485 e. The Morgan fingerprint density at radius 2 is 1.86 bits per heavy atom. The average Bonchev–Trinajstić information content (AvgIpc) is 2.46. The van der Waals surface area contributed by atoms with Gasteiger partial charge in [-0.2, -0.15) is 0 Å². The Labute approximate surface area is 134 Å². The maximum atomic E-state index is 6.31. The van der Waals surface area contributed by atoms with Gasteiger partial charge in [-0.15, -0.1) is 0 Å². The average molecular weight is 346 g/mol. The van der Waals surface area contributed by atoms with Crippen molar-refractivity contribution in [2.75, 3.05) is 0 Å². The first-order valence-corrected chi connectivity index (χ1v) is 8.15. The Kier molecular flexibility index (Phi) is 4.05. The zero-order valence-electron chi connectivity index (χ0n) is 12.3. The van der Waals surface area contributed by atoms with Gasteiger partial charge in [-0.25, -0.2) is 0 Å². The molecular formula is C18H20BrNO. The molecule has 2 aromatic rings. The van der Waals surface area contributed by atoms with Gasteiger partial charge in [0.15, 0.2) is 0 Å². The zero-order chi connectivity index (χ0) is 15.0. The highest BCUT2D eigenvalue weighted by molar-refractivity contribution is 9.10. The molecule has 1 heterocycles. The van der Waals surface area contributed by atoms with Gasteiger partial charge in [0.2, 0.25) is 0 Å². The van der Waals surface area contributed by atoms with E-state index in [1.807, 2.05) is 18.2 Å². The summed E-state index contributed by atoms with van der Waals surface area (Å²) in [6, 6.07) is 14.8. The lowest BCUT2D eigenvalue weighted by atomic mass is 9.92. The summed E-state index contributed by atoms with van der Waals surface area (Å²) in [6.45, 7) is 4.41. The molecule has 3 rings (SSSR count). The third-order valence-corrected chi connectivity index (χ3v) is 4.58. The van der Waals surface area contributed by atoms with E-state index in [0.29, 0.717) is 5.92 Å². The fraction of sp³-hybridized carbons (Fsp3) is 0.333. The van der Waals surface area contributed by atoms with Gasteiger partial charge in [0.05, 0.1) is 0 Å². The molecule has 2 nitrogen and oxygen atoms in total. The minimum atomic E-state index is 0.0247. The van der Waals surface area contributed by atoms with Crippen molar-refractivity contribution in [3.8, 4) is 5.75 Å². The Balaban J connectivity index is 1.88. The molecule has 0 saturated carbocycles. The summed E-state index contributed by atoms with van der Waals surface area (Å²) in [5.74, 6) is 1.44. The molecule has 21 heavy (non-hydrogen) atoms. The topological polar surface area (TPSA) is 35.2 Å². The standard InChI is InChI=1S/C18H20BrNO/c1-11(2)12-3-5-13(6-4-12)17-10-16(20)15-8-7-14(19)9-18(15)21-17/h3-9,11,16-17H,10,20H2,1-2H3/t16-,17?/m0/s1. The van der Waals surface area contributed by atoms with Gasteiger partial charge in [0.1, 0.15) is 11.9 Å². The number of hydrogen-bond acceptors (Lipinski definition) is 2. The SMILES string of the molecule is CC(C)c1ccc(C2C[C@H](N)c3ccc(Br)cc3O2)cc1. The number of ether oxygens (including phenoxy) is 1. The van der Waals surface area contributed by atoms with Gasteiger partial charge in [0, 0.05) is 22.5 Å². The van der Waals surface area contributed by atoms with E-state index in [1.54, 1.807) is 0 Å². The molecule has 0 aromatic heterocycles. The number of halogens is 1. The van der Waals surface area contributed by atoms with Crippen molar-refractivity contribution in [2.45, 2.75) is 38.3 Å². The van der Waals surface area contributed by atoms with Gasteiger partial charge in [0.25, 0.3) is 0 Å². The Hall–Kier alpha value is -1.32. The minimum absolute atomic E-state index is 0.0247. The van der Waals surface area contributed by atoms with Crippen LogP contribution in [-0.4, -0.2) is 0 Å². The predicted molar refractivity (Wildman–Crippen MR) is 89.6 cm³/mol. The van der Waals surface area contributed by atoms with Crippen LogP contribution in [0.3, 0.4) is 0 Å². The highest BCUT2D eigenvalue weighted by Crippen LogP contribution is 2.40. The monoisotopic (exact) mass is 345 g/mol.